The molecule has 0 N–H and O–H groups in total. The Hall–Kier alpha value is -0.410. The summed E-state index contributed by atoms with van der Waals surface area (Å²) in [6.07, 6.45) is 6.41. The standard InChI is InChI=1S/C8H11ClNOS/c1-2-5-11-8-4-3-6-12(9)10-7-8/h3-4,6-7H,2,5H2,1H3/q+1. The van der Waals surface area contributed by atoms with E-state index in [9.17, 15) is 0 Å². The summed E-state index contributed by atoms with van der Waals surface area (Å²) in [5, 5.41) is 1.83. The van der Waals surface area contributed by atoms with Gasteiger partial charge < -0.3 is 4.74 Å². The van der Waals surface area contributed by atoms with Gasteiger partial charge in [-0.2, -0.15) is 0 Å². The molecule has 0 aliphatic carbocycles. The molecule has 0 fully saturated rings. The number of hydrogen-bond acceptors (Lipinski definition) is 2. The molecule has 2 nitrogen and oxygen atoms in total. The van der Waals surface area contributed by atoms with Gasteiger partial charge in [0.1, 0.15) is 12.0 Å². The second kappa shape index (κ2) is 5.27. The van der Waals surface area contributed by atoms with Crippen molar-refractivity contribution in [3.63, 3.8) is 0 Å². The van der Waals surface area contributed by atoms with Crippen molar-refractivity contribution in [2.45, 2.75) is 13.3 Å². The Morgan fingerprint density at radius 2 is 2.50 bits per heavy atom. The van der Waals surface area contributed by atoms with Crippen molar-refractivity contribution >= 4 is 27.2 Å². The highest BCUT2D eigenvalue weighted by molar-refractivity contribution is 8.19. The largest absolute Gasteiger partial charge is 0.492 e. The van der Waals surface area contributed by atoms with Crippen LogP contribution >= 0.6 is 10.7 Å². The van der Waals surface area contributed by atoms with E-state index in [0.717, 1.165) is 18.8 Å². The van der Waals surface area contributed by atoms with Crippen LogP contribution in [0, 0.1) is 0 Å². The summed E-state index contributed by atoms with van der Waals surface area (Å²) >= 11 is 0. The van der Waals surface area contributed by atoms with Crippen LogP contribution in [0.4, 0.5) is 0 Å². The van der Waals surface area contributed by atoms with Gasteiger partial charge in [0.2, 0.25) is 10.7 Å². The molecule has 0 bridgehead atoms. The van der Waals surface area contributed by atoms with Crippen LogP contribution in [0.3, 0.4) is 0 Å². The van der Waals surface area contributed by atoms with Crippen molar-refractivity contribution in [2.75, 3.05) is 6.61 Å². The van der Waals surface area contributed by atoms with Crippen molar-refractivity contribution < 1.29 is 4.74 Å². The molecule has 0 saturated heterocycles. The monoisotopic (exact) mass is 204 g/mol. The summed E-state index contributed by atoms with van der Waals surface area (Å²) in [6.45, 7) is 2.79. The van der Waals surface area contributed by atoms with E-state index in [1.165, 1.54) is 0 Å². The summed E-state index contributed by atoms with van der Waals surface area (Å²) < 4.78 is 9.41. The number of rotatable bonds is 3. The molecule has 1 aliphatic heterocycles. The SMILES string of the molecule is CCCOC1=CC=C[S+](Cl)N=C1. The van der Waals surface area contributed by atoms with E-state index in [1.807, 2.05) is 17.6 Å². The quantitative estimate of drug-likeness (QED) is 0.648. The zero-order valence-electron chi connectivity index (χ0n) is 6.87. The Labute approximate surface area is 80.0 Å². The van der Waals surface area contributed by atoms with Gasteiger partial charge in [0.25, 0.3) is 10.3 Å². The maximum atomic E-state index is 5.77. The normalized spacial score (nSPS) is 21.8. The highest BCUT2D eigenvalue weighted by atomic mass is 35.7. The average molecular weight is 205 g/mol. The third kappa shape index (κ3) is 3.32. The van der Waals surface area contributed by atoms with Crippen molar-refractivity contribution in [3.8, 4) is 0 Å². The molecule has 0 aromatic carbocycles. The maximum absolute atomic E-state index is 5.77. The van der Waals surface area contributed by atoms with Gasteiger partial charge in [0.05, 0.1) is 6.61 Å². The fourth-order valence-corrected chi connectivity index (χ4v) is 1.47. The second-order valence-electron chi connectivity index (χ2n) is 2.24. The van der Waals surface area contributed by atoms with E-state index in [1.54, 1.807) is 6.21 Å². The van der Waals surface area contributed by atoms with Gasteiger partial charge in [-0.05, 0) is 23.0 Å². The molecule has 1 aliphatic rings. The van der Waals surface area contributed by atoms with E-state index >= 15 is 0 Å². The van der Waals surface area contributed by atoms with E-state index < -0.39 is 10.3 Å². The summed E-state index contributed by atoms with van der Waals surface area (Å²) in [5.74, 6) is 0.781. The van der Waals surface area contributed by atoms with Gasteiger partial charge in [0.15, 0.2) is 5.41 Å². The zero-order chi connectivity index (χ0) is 8.81. The second-order valence-corrected chi connectivity index (χ2v) is 4.20. The Balaban J connectivity index is 2.49. The molecule has 1 rings (SSSR count). The maximum Gasteiger partial charge on any atom is 0.272 e. The molecule has 1 atom stereocenters. The van der Waals surface area contributed by atoms with E-state index in [-0.39, 0.29) is 0 Å². The van der Waals surface area contributed by atoms with Gasteiger partial charge in [-0.25, -0.2) is 0 Å². The Bertz CT molecular complexity index is 225. The third-order valence-electron chi connectivity index (χ3n) is 1.20. The van der Waals surface area contributed by atoms with E-state index in [2.05, 4.69) is 11.3 Å². The van der Waals surface area contributed by atoms with Gasteiger partial charge in [-0.1, -0.05) is 6.92 Å². The van der Waals surface area contributed by atoms with Gasteiger partial charge in [-0.15, -0.1) is 0 Å². The number of nitrogens with zero attached hydrogens (tertiary/aromatic N) is 1. The first kappa shape index (κ1) is 9.68. The van der Waals surface area contributed by atoms with Crippen LogP contribution < -0.4 is 0 Å². The van der Waals surface area contributed by atoms with E-state index in [0.29, 0.717) is 0 Å². The smallest absolute Gasteiger partial charge is 0.272 e. The topological polar surface area (TPSA) is 21.6 Å². The van der Waals surface area contributed by atoms with Crippen LogP contribution in [0.25, 0.3) is 0 Å². The Morgan fingerprint density at radius 1 is 1.67 bits per heavy atom. The van der Waals surface area contributed by atoms with Gasteiger partial charge in [-0.3, -0.25) is 0 Å². The van der Waals surface area contributed by atoms with Gasteiger partial charge in [0, 0.05) is 0 Å². The predicted molar refractivity (Wildman–Crippen MR) is 55.2 cm³/mol. The minimum Gasteiger partial charge on any atom is -0.492 e. The molecular formula is C8H11ClNOS+. The van der Waals surface area contributed by atoms with Crippen LogP contribution in [0.15, 0.2) is 27.7 Å². The van der Waals surface area contributed by atoms with Crippen LogP contribution in [-0.2, 0) is 15.0 Å². The molecule has 0 radical (unpaired) electrons. The van der Waals surface area contributed by atoms with Crippen LogP contribution in [0.1, 0.15) is 13.3 Å². The fourth-order valence-electron chi connectivity index (χ4n) is 0.685. The van der Waals surface area contributed by atoms with Crippen molar-refractivity contribution in [2.24, 2.45) is 4.40 Å². The van der Waals surface area contributed by atoms with Crippen molar-refractivity contribution in [1.82, 2.24) is 0 Å². The lowest BCUT2D eigenvalue weighted by molar-refractivity contribution is 0.233. The molecule has 66 valence electrons. The molecule has 1 heterocycles. The van der Waals surface area contributed by atoms with Crippen LogP contribution in [-0.4, -0.2) is 12.8 Å². The summed E-state index contributed by atoms with van der Waals surface area (Å²) in [6, 6.07) is 0. The minimum atomic E-state index is -0.505. The Morgan fingerprint density at radius 3 is 3.25 bits per heavy atom. The van der Waals surface area contributed by atoms with Crippen LogP contribution in [0.2, 0.25) is 0 Å². The average Bonchev–Trinajstić information content (AvgIpc) is 2.27. The Kier molecular flexibility index (Phi) is 4.25. The zero-order valence-corrected chi connectivity index (χ0v) is 8.44. The summed E-state index contributed by atoms with van der Waals surface area (Å²) in [5.41, 5.74) is 0. The number of allylic oxidation sites excluding steroid dienone is 3. The lowest BCUT2D eigenvalue weighted by Gasteiger charge is -2.00. The minimum absolute atomic E-state index is 0.505. The first-order valence-corrected chi connectivity index (χ1v) is 5.85. The molecule has 0 aromatic heterocycles. The van der Waals surface area contributed by atoms with Crippen molar-refractivity contribution in [1.29, 1.82) is 0 Å². The van der Waals surface area contributed by atoms with Crippen LogP contribution in [0.5, 0.6) is 0 Å². The number of ether oxygens (including phenoxy) is 1. The molecular weight excluding hydrogens is 194 g/mol. The number of hydrogen-bond donors (Lipinski definition) is 0. The third-order valence-corrected chi connectivity index (χ3v) is 2.44. The molecule has 12 heavy (non-hydrogen) atoms. The molecule has 0 saturated carbocycles. The molecule has 1 unspecified atom stereocenters. The molecule has 0 aromatic rings. The van der Waals surface area contributed by atoms with Crippen molar-refractivity contribution in [3.05, 3.63) is 23.3 Å². The molecule has 0 amide bonds. The van der Waals surface area contributed by atoms with E-state index in [4.69, 9.17) is 15.4 Å². The highest BCUT2D eigenvalue weighted by Crippen LogP contribution is 2.11. The number of halogens is 1. The summed E-state index contributed by atoms with van der Waals surface area (Å²) in [4.78, 5) is 0. The predicted octanol–water partition coefficient (Wildman–Crippen LogP) is 2.58. The summed E-state index contributed by atoms with van der Waals surface area (Å²) in [7, 11) is 5.27. The first-order chi connectivity index (χ1) is 5.83. The lowest BCUT2D eigenvalue weighted by atomic mass is 10.4. The lowest BCUT2D eigenvalue weighted by Crippen LogP contribution is -1.94. The molecule has 0 spiro atoms. The fraction of sp³-hybridized carbons (Fsp3) is 0.375. The highest BCUT2D eigenvalue weighted by Gasteiger charge is 2.10. The molecule has 4 heteroatoms. The first-order valence-electron chi connectivity index (χ1n) is 3.77. The van der Waals surface area contributed by atoms with Gasteiger partial charge >= 0.3 is 0 Å².